The fourth-order valence-corrected chi connectivity index (χ4v) is 5.86. The summed E-state index contributed by atoms with van der Waals surface area (Å²) in [6.45, 7) is 10.9. The number of carbonyl (C=O) groups is 1. The molecule has 1 atom stereocenters. The Morgan fingerprint density at radius 1 is 1.19 bits per heavy atom. The summed E-state index contributed by atoms with van der Waals surface area (Å²) in [7, 11) is -4.25. The molecule has 1 saturated heterocycles. The molecule has 1 fully saturated rings. The predicted molar refractivity (Wildman–Crippen MR) is 144 cm³/mol. The smallest absolute Gasteiger partial charge is 0.268 e. The van der Waals surface area contributed by atoms with Crippen molar-refractivity contribution >= 4 is 27.6 Å². The van der Waals surface area contributed by atoms with Crippen LogP contribution in [0.1, 0.15) is 51.4 Å². The van der Waals surface area contributed by atoms with Crippen LogP contribution in [0.4, 0.5) is 11.6 Å². The van der Waals surface area contributed by atoms with E-state index in [-0.39, 0.29) is 27.9 Å². The summed E-state index contributed by atoms with van der Waals surface area (Å²) in [4.78, 5) is 23.9. The molecule has 9 nitrogen and oxygen atoms in total. The van der Waals surface area contributed by atoms with E-state index in [9.17, 15) is 13.2 Å². The highest BCUT2D eigenvalue weighted by molar-refractivity contribution is 7.90. The number of hydrogen-bond donors (Lipinski definition) is 2. The third kappa shape index (κ3) is 5.69. The van der Waals surface area contributed by atoms with Gasteiger partial charge in [-0.05, 0) is 76.4 Å². The molecular weight excluding hydrogens is 490 g/mol. The van der Waals surface area contributed by atoms with E-state index in [0.29, 0.717) is 29.7 Å². The van der Waals surface area contributed by atoms with Crippen LogP contribution >= 0.6 is 0 Å². The van der Waals surface area contributed by atoms with E-state index in [1.807, 2.05) is 38.1 Å². The normalized spacial score (nSPS) is 17.1. The molecule has 196 valence electrons. The number of anilines is 2. The summed E-state index contributed by atoms with van der Waals surface area (Å²) in [6, 6.07) is 13.7. The molecule has 3 heterocycles. The van der Waals surface area contributed by atoms with E-state index in [0.717, 1.165) is 12.0 Å². The zero-order valence-electron chi connectivity index (χ0n) is 21.7. The molecule has 0 unspecified atom stereocenters. The van der Waals surface area contributed by atoms with Gasteiger partial charge in [-0.25, -0.2) is 23.1 Å². The Balaban J connectivity index is 1.77. The molecule has 3 aromatic rings. The van der Waals surface area contributed by atoms with E-state index >= 15 is 0 Å². The minimum absolute atomic E-state index is 0.0209. The minimum atomic E-state index is -4.25. The van der Waals surface area contributed by atoms with Crippen molar-refractivity contribution in [2.45, 2.75) is 57.6 Å². The summed E-state index contributed by atoms with van der Waals surface area (Å²) in [5.41, 5.74) is 7.11. The molecule has 37 heavy (non-hydrogen) atoms. The number of nitrogen functional groups attached to an aromatic ring is 1. The average molecular weight is 524 g/mol. The number of amides is 1. The lowest BCUT2D eigenvalue weighted by Gasteiger charge is -2.34. The van der Waals surface area contributed by atoms with Crippen molar-refractivity contribution < 1.29 is 17.9 Å². The number of benzene rings is 1. The van der Waals surface area contributed by atoms with Crippen LogP contribution in [0.3, 0.4) is 0 Å². The molecule has 10 heteroatoms. The predicted octanol–water partition coefficient (Wildman–Crippen LogP) is 4.26. The maximum absolute atomic E-state index is 13.4. The third-order valence-electron chi connectivity index (χ3n) is 6.27. The van der Waals surface area contributed by atoms with Crippen LogP contribution < -0.4 is 20.1 Å². The second-order valence-corrected chi connectivity index (χ2v) is 12.0. The molecule has 0 radical (unpaired) electrons. The number of aromatic nitrogens is 2. The first-order chi connectivity index (χ1) is 17.4. The van der Waals surface area contributed by atoms with E-state index in [1.54, 1.807) is 12.1 Å². The van der Waals surface area contributed by atoms with Gasteiger partial charge in [-0.2, -0.15) is 0 Å². The van der Waals surface area contributed by atoms with E-state index < -0.39 is 15.9 Å². The molecule has 4 rings (SSSR count). The van der Waals surface area contributed by atoms with Crippen LogP contribution in [0.2, 0.25) is 0 Å². The van der Waals surface area contributed by atoms with Crippen molar-refractivity contribution in [2.75, 3.05) is 17.2 Å². The summed E-state index contributed by atoms with van der Waals surface area (Å²) in [5, 5.41) is 0. The van der Waals surface area contributed by atoms with Gasteiger partial charge in [-0.15, -0.1) is 0 Å². The maximum atomic E-state index is 13.4. The number of nitrogens with one attached hydrogen (secondary N) is 1. The van der Waals surface area contributed by atoms with Gasteiger partial charge >= 0.3 is 0 Å². The van der Waals surface area contributed by atoms with Gasteiger partial charge in [-0.3, -0.25) is 4.79 Å². The highest BCUT2D eigenvalue weighted by atomic mass is 32.2. The molecule has 0 aliphatic carbocycles. The Labute approximate surface area is 218 Å². The summed E-state index contributed by atoms with van der Waals surface area (Å²) in [5.74, 6) is 0.541. The Hall–Kier alpha value is -3.66. The van der Waals surface area contributed by atoms with Gasteiger partial charge < -0.3 is 15.4 Å². The Bertz CT molecular complexity index is 1420. The molecule has 0 saturated carbocycles. The number of nitrogens with two attached hydrogens (primary N) is 1. The standard InChI is InChI=1S/C27H33N5O4S/c1-17(2)36-20-9-6-8-19(14-20)22-12-11-21(25(30-22)32-16-18(3)15-27(32,4)5)26(33)31-37(34,35)23-10-7-13-29-24(23)28/h6-14,17-18H,15-16H2,1-5H3,(H2,28,29)(H,31,33)/t18-/m0/s1. The Morgan fingerprint density at radius 3 is 2.59 bits per heavy atom. The number of rotatable bonds is 7. The van der Waals surface area contributed by atoms with Crippen molar-refractivity contribution in [1.29, 1.82) is 0 Å². The second kappa shape index (κ2) is 10.0. The molecule has 0 bridgehead atoms. The van der Waals surface area contributed by atoms with Crippen molar-refractivity contribution in [2.24, 2.45) is 5.92 Å². The van der Waals surface area contributed by atoms with E-state index in [4.69, 9.17) is 15.5 Å². The highest BCUT2D eigenvalue weighted by Gasteiger charge is 2.39. The number of hydrogen-bond acceptors (Lipinski definition) is 8. The van der Waals surface area contributed by atoms with E-state index in [2.05, 4.69) is 35.4 Å². The summed E-state index contributed by atoms with van der Waals surface area (Å²) in [6.07, 6.45) is 2.31. The van der Waals surface area contributed by atoms with Crippen LogP contribution in [0.25, 0.3) is 11.3 Å². The van der Waals surface area contributed by atoms with Gasteiger partial charge in [0.2, 0.25) is 0 Å². The third-order valence-corrected chi connectivity index (χ3v) is 7.64. The molecule has 1 aromatic carbocycles. The van der Waals surface area contributed by atoms with Crippen molar-refractivity contribution in [1.82, 2.24) is 14.7 Å². The molecule has 1 amide bonds. The van der Waals surface area contributed by atoms with Crippen LogP contribution in [-0.2, 0) is 10.0 Å². The van der Waals surface area contributed by atoms with Gasteiger partial charge in [0.25, 0.3) is 15.9 Å². The number of nitrogens with zero attached hydrogens (tertiary/aromatic N) is 3. The van der Waals surface area contributed by atoms with Crippen molar-refractivity contribution in [3.8, 4) is 17.0 Å². The highest BCUT2D eigenvalue weighted by Crippen LogP contribution is 2.38. The molecule has 3 N–H and O–H groups in total. The lowest BCUT2D eigenvalue weighted by molar-refractivity contribution is 0.0981. The number of carbonyl (C=O) groups excluding carboxylic acids is 1. The largest absolute Gasteiger partial charge is 0.491 e. The zero-order chi connectivity index (χ0) is 27.0. The average Bonchev–Trinajstić information content (AvgIpc) is 3.09. The van der Waals surface area contributed by atoms with Crippen LogP contribution in [0.5, 0.6) is 5.75 Å². The second-order valence-electron chi connectivity index (χ2n) is 10.3. The maximum Gasteiger partial charge on any atom is 0.268 e. The lowest BCUT2D eigenvalue weighted by Crippen LogP contribution is -2.41. The van der Waals surface area contributed by atoms with Crippen LogP contribution in [0, 0.1) is 5.92 Å². The van der Waals surface area contributed by atoms with Crippen molar-refractivity contribution in [3.63, 3.8) is 0 Å². The SMILES string of the molecule is CC(C)Oc1cccc(-c2ccc(C(=O)NS(=O)(=O)c3cccnc3N)c(N3C[C@@H](C)CC3(C)C)n2)c1. The monoisotopic (exact) mass is 523 g/mol. The van der Waals surface area contributed by atoms with Crippen molar-refractivity contribution in [3.05, 3.63) is 60.3 Å². The van der Waals surface area contributed by atoms with Gasteiger partial charge in [0.15, 0.2) is 0 Å². The first-order valence-corrected chi connectivity index (χ1v) is 13.7. The molecular formula is C27H33N5O4S. The Kier molecular flexibility index (Phi) is 7.14. The summed E-state index contributed by atoms with van der Waals surface area (Å²) >= 11 is 0. The molecule has 1 aliphatic rings. The molecule has 1 aliphatic heterocycles. The zero-order valence-corrected chi connectivity index (χ0v) is 22.5. The first-order valence-electron chi connectivity index (χ1n) is 12.2. The quantitative estimate of drug-likeness (QED) is 0.470. The fraction of sp³-hybridized carbons (Fsp3) is 0.370. The fourth-order valence-electron chi connectivity index (χ4n) is 4.81. The van der Waals surface area contributed by atoms with Gasteiger partial charge in [0.1, 0.15) is 22.3 Å². The number of sulfonamides is 1. The molecule has 0 spiro atoms. The summed E-state index contributed by atoms with van der Waals surface area (Å²) < 4.78 is 33.9. The molecule has 2 aromatic heterocycles. The minimum Gasteiger partial charge on any atom is -0.491 e. The number of ether oxygens (including phenoxy) is 1. The number of pyridine rings is 2. The Morgan fingerprint density at radius 2 is 1.95 bits per heavy atom. The van der Waals surface area contributed by atoms with Gasteiger partial charge in [0, 0.05) is 23.8 Å². The van der Waals surface area contributed by atoms with E-state index in [1.165, 1.54) is 18.3 Å². The lowest BCUT2D eigenvalue weighted by atomic mass is 9.97. The van der Waals surface area contributed by atoms with Crippen LogP contribution in [0.15, 0.2) is 59.6 Å². The van der Waals surface area contributed by atoms with Crippen LogP contribution in [-0.4, -0.2) is 42.5 Å². The van der Waals surface area contributed by atoms with Gasteiger partial charge in [0.05, 0.1) is 17.4 Å². The first kappa shape index (κ1) is 26.4. The topological polar surface area (TPSA) is 128 Å². The van der Waals surface area contributed by atoms with Gasteiger partial charge in [-0.1, -0.05) is 19.1 Å².